The molecular formula is C4H9N3. The van der Waals surface area contributed by atoms with Gasteiger partial charge in [0.1, 0.15) is 5.66 Å². The van der Waals surface area contributed by atoms with E-state index in [1.807, 2.05) is 0 Å². The lowest BCUT2D eigenvalue weighted by Crippen LogP contribution is -2.20. The van der Waals surface area contributed by atoms with E-state index in [4.69, 9.17) is 0 Å². The van der Waals surface area contributed by atoms with Crippen molar-refractivity contribution in [3.05, 3.63) is 0 Å². The van der Waals surface area contributed by atoms with Gasteiger partial charge in [-0.3, -0.25) is 0 Å². The Morgan fingerprint density at radius 3 is 2.43 bits per heavy atom. The number of hydrazine groups is 1. The predicted octanol–water partition coefficient (Wildman–Crippen LogP) is -1.22. The molecule has 0 aliphatic carbocycles. The molecule has 7 heavy (non-hydrogen) atoms. The Balaban J connectivity index is 2.07. The van der Waals surface area contributed by atoms with Gasteiger partial charge >= 0.3 is 0 Å². The normalized spacial score (nSPS) is 34.3. The van der Waals surface area contributed by atoms with Crippen LogP contribution in [0.2, 0.25) is 0 Å². The van der Waals surface area contributed by atoms with Crippen molar-refractivity contribution in [2.75, 3.05) is 13.1 Å². The molecule has 3 nitrogen and oxygen atoms in total. The highest BCUT2D eigenvalue weighted by Crippen LogP contribution is 2.16. The monoisotopic (exact) mass is 99.1 g/mol. The fourth-order valence-electron chi connectivity index (χ4n) is 0.994. The Morgan fingerprint density at radius 2 is 2.14 bits per heavy atom. The maximum Gasteiger partial charge on any atom is 0.108 e. The van der Waals surface area contributed by atoms with Crippen molar-refractivity contribution in [2.45, 2.75) is 12.1 Å². The molecule has 1 spiro atoms. The summed E-state index contributed by atoms with van der Waals surface area (Å²) in [5, 5.41) is 3.25. The Bertz CT molecular complexity index is 78.9. The highest BCUT2D eigenvalue weighted by molar-refractivity contribution is 5.00. The molecule has 2 fully saturated rings. The average molecular weight is 99.1 g/mol. The zero-order chi connectivity index (χ0) is 4.74. The van der Waals surface area contributed by atoms with Gasteiger partial charge in [-0.2, -0.15) is 0 Å². The average Bonchev–Trinajstić information content (AvgIpc) is 2.15. The molecule has 2 saturated heterocycles. The maximum absolute atomic E-state index is 3.25. The molecule has 2 aliphatic heterocycles. The third-order valence-corrected chi connectivity index (χ3v) is 1.63. The van der Waals surface area contributed by atoms with Crippen molar-refractivity contribution in [3.8, 4) is 0 Å². The van der Waals surface area contributed by atoms with Gasteiger partial charge in [-0.25, -0.2) is 10.9 Å². The molecule has 0 bridgehead atoms. The van der Waals surface area contributed by atoms with Crippen molar-refractivity contribution in [1.82, 2.24) is 16.2 Å². The molecule has 3 heteroatoms. The third kappa shape index (κ3) is 0.459. The number of hydrogen-bond acceptors (Lipinski definition) is 3. The second-order valence-corrected chi connectivity index (χ2v) is 2.26. The Morgan fingerprint density at radius 1 is 1.29 bits per heavy atom. The first-order chi connectivity index (χ1) is 3.41. The first-order valence-corrected chi connectivity index (χ1v) is 2.66. The largest absolute Gasteiger partial charge is 0.313 e. The highest BCUT2D eigenvalue weighted by atomic mass is 15.7. The number of nitrogens with one attached hydrogen (secondary N) is 3. The third-order valence-electron chi connectivity index (χ3n) is 1.63. The standard InChI is InChI=1S/C4H9N3/c1-2-5-3-4(1)6-7-4/h5-7H,1-3H2. The van der Waals surface area contributed by atoms with Crippen molar-refractivity contribution in [1.29, 1.82) is 0 Å². The van der Waals surface area contributed by atoms with Gasteiger partial charge in [-0.05, 0) is 13.0 Å². The van der Waals surface area contributed by atoms with E-state index >= 15 is 0 Å². The molecule has 0 amide bonds. The van der Waals surface area contributed by atoms with Gasteiger partial charge in [-0.15, -0.1) is 0 Å². The summed E-state index contributed by atoms with van der Waals surface area (Å²) in [7, 11) is 0. The summed E-state index contributed by atoms with van der Waals surface area (Å²) < 4.78 is 0. The molecule has 0 radical (unpaired) electrons. The van der Waals surface area contributed by atoms with Crippen LogP contribution >= 0.6 is 0 Å². The molecule has 3 N–H and O–H groups in total. The van der Waals surface area contributed by atoms with Gasteiger partial charge in [0.2, 0.25) is 0 Å². The molecule has 2 aliphatic rings. The van der Waals surface area contributed by atoms with Gasteiger partial charge in [0, 0.05) is 6.54 Å². The zero-order valence-electron chi connectivity index (χ0n) is 4.12. The van der Waals surface area contributed by atoms with E-state index in [1.54, 1.807) is 0 Å². The van der Waals surface area contributed by atoms with Gasteiger partial charge < -0.3 is 5.32 Å². The van der Waals surface area contributed by atoms with Crippen LogP contribution in [0.15, 0.2) is 0 Å². The van der Waals surface area contributed by atoms with Crippen LogP contribution in [0.4, 0.5) is 0 Å². The topological polar surface area (TPSA) is 55.9 Å². The fraction of sp³-hybridized carbons (Fsp3) is 1.00. The Hall–Kier alpha value is -0.120. The van der Waals surface area contributed by atoms with E-state index in [0.717, 1.165) is 13.1 Å². The molecule has 2 rings (SSSR count). The van der Waals surface area contributed by atoms with E-state index in [-0.39, 0.29) is 0 Å². The zero-order valence-corrected chi connectivity index (χ0v) is 4.12. The SMILES string of the molecule is C1CC2(CN1)NN2. The van der Waals surface area contributed by atoms with Gasteiger partial charge in [0.15, 0.2) is 0 Å². The molecule has 0 saturated carbocycles. The first-order valence-electron chi connectivity index (χ1n) is 2.66. The van der Waals surface area contributed by atoms with Crippen molar-refractivity contribution in [2.24, 2.45) is 0 Å². The second-order valence-electron chi connectivity index (χ2n) is 2.26. The summed E-state index contributed by atoms with van der Waals surface area (Å²) in [5.74, 6) is 0. The fourth-order valence-corrected chi connectivity index (χ4v) is 0.994. The summed E-state index contributed by atoms with van der Waals surface area (Å²) in [6.45, 7) is 2.24. The van der Waals surface area contributed by atoms with E-state index in [1.165, 1.54) is 6.42 Å². The Labute approximate surface area is 42.4 Å². The minimum atomic E-state index is 0.333. The molecule has 0 aromatic rings. The summed E-state index contributed by atoms with van der Waals surface area (Å²) in [6.07, 6.45) is 1.23. The lowest BCUT2D eigenvalue weighted by Gasteiger charge is -1.92. The number of hydrogen-bond donors (Lipinski definition) is 3. The molecule has 0 atom stereocenters. The second kappa shape index (κ2) is 0.992. The molecule has 0 aromatic carbocycles. The summed E-state index contributed by atoms with van der Waals surface area (Å²) in [5.41, 5.74) is 6.53. The van der Waals surface area contributed by atoms with E-state index < -0.39 is 0 Å². The lowest BCUT2D eigenvalue weighted by atomic mass is 10.2. The summed E-state index contributed by atoms with van der Waals surface area (Å²) >= 11 is 0. The molecule has 40 valence electrons. The van der Waals surface area contributed by atoms with Crippen LogP contribution in [0.1, 0.15) is 6.42 Å². The first kappa shape index (κ1) is 3.83. The van der Waals surface area contributed by atoms with E-state index in [2.05, 4.69) is 16.2 Å². The smallest absolute Gasteiger partial charge is 0.108 e. The van der Waals surface area contributed by atoms with Crippen molar-refractivity contribution >= 4 is 0 Å². The lowest BCUT2D eigenvalue weighted by molar-refractivity contribution is 0.671. The van der Waals surface area contributed by atoms with Gasteiger partial charge in [0.05, 0.1) is 0 Å². The van der Waals surface area contributed by atoms with Crippen LogP contribution in [0.5, 0.6) is 0 Å². The van der Waals surface area contributed by atoms with E-state index in [0.29, 0.717) is 5.66 Å². The number of rotatable bonds is 0. The van der Waals surface area contributed by atoms with Gasteiger partial charge in [-0.1, -0.05) is 0 Å². The van der Waals surface area contributed by atoms with Gasteiger partial charge in [0.25, 0.3) is 0 Å². The quantitative estimate of drug-likeness (QED) is 0.334. The van der Waals surface area contributed by atoms with Crippen LogP contribution in [0, 0.1) is 0 Å². The molecule has 0 aromatic heterocycles. The minimum Gasteiger partial charge on any atom is -0.313 e. The highest BCUT2D eigenvalue weighted by Gasteiger charge is 2.43. The van der Waals surface area contributed by atoms with Crippen molar-refractivity contribution in [3.63, 3.8) is 0 Å². The summed E-state index contributed by atoms with van der Waals surface area (Å²) in [4.78, 5) is 0. The minimum absolute atomic E-state index is 0.333. The van der Waals surface area contributed by atoms with Crippen LogP contribution < -0.4 is 16.2 Å². The summed E-state index contributed by atoms with van der Waals surface area (Å²) in [6, 6.07) is 0. The predicted molar refractivity (Wildman–Crippen MR) is 26.5 cm³/mol. The molecule has 2 heterocycles. The van der Waals surface area contributed by atoms with Crippen LogP contribution in [0.3, 0.4) is 0 Å². The van der Waals surface area contributed by atoms with Crippen LogP contribution in [0.25, 0.3) is 0 Å². The van der Waals surface area contributed by atoms with Crippen molar-refractivity contribution < 1.29 is 0 Å². The molecule has 0 unspecified atom stereocenters. The maximum atomic E-state index is 3.25. The van der Waals surface area contributed by atoms with Crippen LogP contribution in [-0.2, 0) is 0 Å². The van der Waals surface area contributed by atoms with Crippen LogP contribution in [-0.4, -0.2) is 18.8 Å². The molecular weight excluding hydrogens is 90.1 g/mol. The Kier molecular flexibility index (Phi) is 0.543. The van der Waals surface area contributed by atoms with E-state index in [9.17, 15) is 0 Å².